The van der Waals surface area contributed by atoms with Crippen LogP contribution < -0.4 is 5.32 Å². The molecule has 0 spiro atoms. The molecule has 92 valence electrons. The van der Waals surface area contributed by atoms with E-state index < -0.39 is 6.10 Å². The van der Waals surface area contributed by atoms with Gasteiger partial charge in [0, 0.05) is 10.2 Å². The molecule has 1 heterocycles. The highest BCUT2D eigenvalue weighted by atomic mass is 79.9. The Morgan fingerprint density at radius 2 is 2.35 bits per heavy atom. The molecule has 0 radical (unpaired) electrons. The van der Waals surface area contributed by atoms with Gasteiger partial charge in [-0.25, -0.2) is 0 Å². The van der Waals surface area contributed by atoms with Gasteiger partial charge in [-0.15, -0.1) is 0 Å². The first-order chi connectivity index (χ1) is 8.15. The normalized spacial score (nSPS) is 17.3. The molecular weight excluding hydrogens is 286 g/mol. The van der Waals surface area contributed by atoms with Crippen LogP contribution in [0.1, 0.15) is 6.92 Å². The summed E-state index contributed by atoms with van der Waals surface area (Å²) < 4.78 is 11.4. The second kappa shape index (κ2) is 5.62. The Morgan fingerprint density at radius 3 is 2.94 bits per heavy atom. The quantitative estimate of drug-likeness (QED) is 0.927. The van der Waals surface area contributed by atoms with Gasteiger partial charge in [-0.3, -0.25) is 4.79 Å². The summed E-state index contributed by atoms with van der Waals surface area (Å²) in [5, 5.41) is 2.80. The fraction of sp³-hybridized carbons (Fsp3) is 0.417. The lowest BCUT2D eigenvalue weighted by Crippen LogP contribution is -2.41. The second-order valence-electron chi connectivity index (χ2n) is 3.94. The summed E-state index contributed by atoms with van der Waals surface area (Å²) in [5.41, 5.74) is 0.754. The van der Waals surface area contributed by atoms with Gasteiger partial charge >= 0.3 is 0 Å². The summed E-state index contributed by atoms with van der Waals surface area (Å²) in [7, 11) is 0. The van der Waals surface area contributed by atoms with E-state index in [-0.39, 0.29) is 12.0 Å². The smallest absolute Gasteiger partial charge is 0.253 e. The van der Waals surface area contributed by atoms with Crippen molar-refractivity contribution in [3.63, 3.8) is 0 Å². The highest BCUT2D eigenvalue weighted by Gasteiger charge is 2.24. The van der Waals surface area contributed by atoms with Gasteiger partial charge < -0.3 is 14.8 Å². The number of carbonyl (C=O) groups is 1. The van der Waals surface area contributed by atoms with E-state index in [1.807, 2.05) is 24.3 Å². The highest BCUT2D eigenvalue weighted by molar-refractivity contribution is 9.10. The number of carbonyl (C=O) groups excluding carboxylic acids is 1. The van der Waals surface area contributed by atoms with Crippen molar-refractivity contribution in [1.29, 1.82) is 0 Å². The predicted molar refractivity (Wildman–Crippen MR) is 67.9 cm³/mol. The van der Waals surface area contributed by atoms with Gasteiger partial charge in [-0.05, 0) is 25.1 Å². The van der Waals surface area contributed by atoms with Crippen molar-refractivity contribution in [2.75, 3.05) is 18.5 Å². The number of rotatable bonds is 4. The molecule has 1 saturated heterocycles. The van der Waals surface area contributed by atoms with Crippen LogP contribution in [0.25, 0.3) is 0 Å². The van der Waals surface area contributed by atoms with Crippen molar-refractivity contribution in [1.82, 2.24) is 0 Å². The van der Waals surface area contributed by atoms with Crippen molar-refractivity contribution >= 4 is 27.5 Å². The molecule has 0 aromatic heterocycles. The average Bonchev–Trinajstić information content (AvgIpc) is 2.23. The second-order valence-corrected chi connectivity index (χ2v) is 4.85. The van der Waals surface area contributed by atoms with Crippen LogP contribution in [0.5, 0.6) is 0 Å². The standard InChI is InChI=1S/C12H14BrNO3/c1-8(17-11-6-16-7-11)12(15)14-10-4-2-3-9(13)5-10/h2-5,8,11H,6-7H2,1H3,(H,14,15). The maximum absolute atomic E-state index is 11.8. The highest BCUT2D eigenvalue weighted by Crippen LogP contribution is 2.16. The van der Waals surface area contributed by atoms with Gasteiger partial charge in [0.05, 0.1) is 13.2 Å². The molecule has 1 aliphatic heterocycles. The van der Waals surface area contributed by atoms with Gasteiger partial charge in [0.25, 0.3) is 5.91 Å². The van der Waals surface area contributed by atoms with Crippen LogP contribution in [0.15, 0.2) is 28.7 Å². The van der Waals surface area contributed by atoms with E-state index in [0.717, 1.165) is 10.2 Å². The minimum absolute atomic E-state index is 0.0539. The molecule has 2 rings (SSSR count). The fourth-order valence-corrected chi connectivity index (χ4v) is 1.85. The van der Waals surface area contributed by atoms with Crippen LogP contribution in [-0.4, -0.2) is 31.3 Å². The summed E-state index contributed by atoms with van der Waals surface area (Å²) in [6, 6.07) is 7.45. The van der Waals surface area contributed by atoms with Crippen molar-refractivity contribution in [3.05, 3.63) is 28.7 Å². The molecular formula is C12H14BrNO3. The van der Waals surface area contributed by atoms with Gasteiger partial charge in [-0.1, -0.05) is 22.0 Å². The number of hydrogen-bond donors (Lipinski definition) is 1. The topological polar surface area (TPSA) is 47.6 Å². The minimum atomic E-state index is -0.470. The van der Waals surface area contributed by atoms with E-state index in [0.29, 0.717) is 13.2 Å². The number of amides is 1. The Balaban J connectivity index is 1.87. The lowest BCUT2D eigenvalue weighted by atomic mass is 10.2. The van der Waals surface area contributed by atoms with E-state index in [1.165, 1.54) is 0 Å². The number of hydrogen-bond acceptors (Lipinski definition) is 3. The Morgan fingerprint density at radius 1 is 1.59 bits per heavy atom. The third kappa shape index (κ3) is 3.52. The van der Waals surface area contributed by atoms with Gasteiger partial charge in [0.2, 0.25) is 0 Å². The maximum atomic E-state index is 11.8. The van der Waals surface area contributed by atoms with Crippen LogP contribution >= 0.6 is 15.9 Å². The number of nitrogens with one attached hydrogen (secondary N) is 1. The molecule has 0 saturated carbocycles. The summed E-state index contributed by atoms with van der Waals surface area (Å²) in [6.45, 7) is 2.90. The molecule has 5 heteroatoms. The number of halogens is 1. The van der Waals surface area contributed by atoms with Crippen LogP contribution in [0.4, 0.5) is 5.69 Å². The fourth-order valence-electron chi connectivity index (χ4n) is 1.45. The zero-order valence-corrected chi connectivity index (χ0v) is 11.1. The van der Waals surface area contributed by atoms with Crippen molar-refractivity contribution in [2.45, 2.75) is 19.1 Å². The molecule has 1 N–H and O–H groups in total. The third-order valence-corrected chi connectivity index (χ3v) is 2.96. The van der Waals surface area contributed by atoms with Gasteiger partial charge in [0.15, 0.2) is 0 Å². The maximum Gasteiger partial charge on any atom is 0.253 e. The summed E-state index contributed by atoms with van der Waals surface area (Å²) in [6.07, 6.45) is -0.416. The Labute approximate surface area is 108 Å². The zero-order valence-electron chi connectivity index (χ0n) is 9.48. The predicted octanol–water partition coefficient (Wildman–Crippen LogP) is 2.19. The molecule has 17 heavy (non-hydrogen) atoms. The molecule has 1 unspecified atom stereocenters. The molecule has 1 fully saturated rings. The molecule has 1 aliphatic rings. The molecule has 1 aromatic rings. The van der Waals surface area contributed by atoms with Gasteiger partial charge in [0.1, 0.15) is 12.2 Å². The molecule has 1 aromatic carbocycles. The molecule has 0 bridgehead atoms. The number of ether oxygens (including phenoxy) is 2. The van der Waals surface area contributed by atoms with E-state index >= 15 is 0 Å². The molecule has 1 amide bonds. The van der Waals surface area contributed by atoms with Crippen molar-refractivity contribution < 1.29 is 14.3 Å². The van der Waals surface area contributed by atoms with E-state index in [9.17, 15) is 4.79 Å². The van der Waals surface area contributed by atoms with Crippen LogP contribution in [-0.2, 0) is 14.3 Å². The summed E-state index contributed by atoms with van der Waals surface area (Å²) in [5.74, 6) is -0.144. The van der Waals surface area contributed by atoms with E-state index in [2.05, 4.69) is 21.2 Å². The van der Waals surface area contributed by atoms with Crippen LogP contribution in [0.3, 0.4) is 0 Å². The minimum Gasteiger partial charge on any atom is -0.376 e. The Hall–Kier alpha value is -0.910. The Kier molecular flexibility index (Phi) is 4.15. The van der Waals surface area contributed by atoms with Crippen LogP contribution in [0, 0.1) is 0 Å². The first-order valence-corrected chi connectivity index (χ1v) is 6.24. The first-order valence-electron chi connectivity index (χ1n) is 5.45. The largest absolute Gasteiger partial charge is 0.376 e. The summed E-state index contributed by atoms with van der Waals surface area (Å²) >= 11 is 3.35. The Bertz CT molecular complexity index is 406. The number of benzene rings is 1. The average molecular weight is 300 g/mol. The van der Waals surface area contributed by atoms with Crippen LogP contribution in [0.2, 0.25) is 0 Å². The SMILES string of the molecule is CC(OC1COC1)C(=O)Nc1cccc(Br)c1. The first kappa shape index (κ1) is 12.5. The van der Waals surface area contributed by atoms with Crippen molar-refractivity contribution in [2.24, 2.45) is 0 Å². The van der Waals surface area contributed by atoms with E-state index in [4.69, 9.17) is 9.47 Å². The van der Waals surface area contributed by atoms with E-state index in [1.54, 1.807) is 6.92 Å². The molecule has 4 nitrogen and oxygen atoms in total. The lowest BCUT2D eigenvalue weighted by Gasteiger charge is -2.28. The van der Waals surface area contributed by atoms with Crippen molar-refractivity contribution in [3.8, 4) is 0 Å². The van der Waals surface area contributed by atoms with Gasteiger partial charge in [-0.2, -0.15) is 0 Å². The zero-order chi connectivity index (χ0) is 12.3. The lowest BCUT2D eigenvalue weighted by molar-refractivity contribution is -0.161. The molecule has 1 atom stereocenters. The number of anilines is 1. The molecule has 0 aliphatic carbocycles. The third-order valence-electron chi connectivity index (χ3n) is 2.47. The summed E-state index contributed by atoms with van der Waals surface area (Å²) in [4.78, 5) is 11.8. The monoisotopic (exact) mass is 299 g/mol.